The van der Waals surface area contributed by atoms with Crippen LogP contribution in [0.25, 0.3) is 0 Å². The van der Waals surface area contributed by atoms with Crippen molar-refractivity contribution < 1.29 is 8.42 Å². The maximum Gasteiger partial charge on any atom is 0.208 e. The van der Waals surface area contributed by atoms with Gasteiger partial charge in [0.2, 0.25) is 10.0 Å². The van der Waals surface area contributed by atoms with Crippen LogP contribution in [0.4, 0.5) is 0 Å². The Labute approximate surface area is 73.8 Å². The second-order valence-corrected chi connectivity index (χ2v) is 5.17. The first-order chi connectivity index (χ1) is 5.51. The van der Waals surface area contributed by atoms with Crippen LogP contribution >= 0.6 is 0 Å². The Kier molecular flexibility index (Phi) is 3.09. The summed E-state index contributed by atoms with van der Waals surface area (Å²) in [6.07, 6.45) is 4.12. The van der Waals surface area contributed by atoms with Gasteiger partial charge >= 0.3 is 0 Å². The minimum Gasteiger partial charge on any atom is -0.317 e. The third-order valence-electron chi connectivity index (χ3n) is 2.22. The molecule has 5 heteroatoms. The third kappa shape index (κ3) is 3.08. The molecule has 0 spiro atoms. The normalized spacial score (nSPS) is 30.8. The fourth-order valence-corrected chi connectivity index (χ4v) is 2.47. The summed E-state index contributed by atoms with van der Waals surface area (Å²) in [6.45, 7) is 0. The lowest BCUT2D eigenvalue weighted by Crippen LogP contribution is -2.33. The monoisotopic (exact) mass is 192 g/mol. The van der Waals surface area contributed by atoms with E-state index in [0.717, 1.165) is 19.3 Å². The summed E-state index contributed by atoms with van der Waals surface area (Å²) in [5.41, 5.74) is 0. The zero-order chi connectivity index (χ0) is 9.19. The topological polar surface area (TPSA) is 58.2 Å². The predicted octanol–water partition coefficient (Wildman–Crippen LogP) is -0.324. The van der Waals surface area contributed by atoms with Crippen LogP contribution < -0.4 is 10.0 Å². The van der Waals surface area contributed by atoms with Crippen LogP contribution in [0.5, 0.6) is 0 Å². The largest absolute Gasteiger partial charge is 0.317 e. The Balaban J connectivity index is 2.38. The zero-order valence-electron chi connectivity index (χ0n) is 7.50. The molecule has 2 N–H and O–H groups in total. The van der Waals surface area contributed by atoms with Crippen molar-refractivity contribution >= 4 is 10.0 Å². The number of hydrogen-bond acceptors (Lipinski definition) is 3. The summed E-state index contributed by atoms with van der Waals surface area (Å²) in [6, 6.07) is 0.613. The number of rotatable bonds is 3. The van der Waals surface area contributed by atoms with E-state index in [0.29, 0.717) is 6.04 Å². The zero-order valence-corrected chi connectivity index (χ0v) is 8.32. The molecule has 0 aromatic carbocycles. The molecule has 12 heavy (non-hydrogen) atoms. The van der Waals surface area contributed by atoms with Crippen LogP contribution in [0.1, 0.15) is 19.3 Å². The molecule has 0 saturated heterocycles. The number of hydrogen-bond donors (Lipinski definition) is 2. The van der Waals surface area contributed by atoms with Crippen molar-refractivity contribution in [2.45, 2.75) is 31.3 Å². The first-order valence-electron chi connectivity index (χ1n) is 4.16. The fraction of sp³-hybridized carbons (Fsp3) is 1.00. The molecule has 72 valence electrons. The van der Waals surface area contributed by atoms with Gasteiger partial charge in [0.1, 0.15) is 0 Å². The average molecular weight is 192 g/mol. The van der Waals surface area contributed by atoms with Gasteiger partial charge in [0.25, 0.3) is 0 Å². The van der Waals surface area contributed by atoms with E-state index in [-0.39, 0.29) is 6.04 Å². The van der Waals surface area contributed by atoms with Crippen LogP contribution in [0.2, 0.25) is 0 Å². The van der Waals surface area contributed by atoms with E-state index < -0.39 is 10.0 Å². The standard InChI is InChI=1S/C7H16N2O2S/c1-8-6-3-4-7(5-6)9-12(2,10)11/h6-9H,3-5H2,1-2H3. The average Bonchev–Trinajstić information content (AvgIpc) is 2.32. The van der Waals surface area contributed by atoms with Gasteiger partial charge in [-0.1, -0.05) is 0 Å². The lowest BCUT2D eigenvalue weighted by atomic mass is 10.2. The fourth-order valence-electron chi connectivity index (χ4n) is 1.65. The van der Waals surface area contributed by atoms with E-state index in [1.54, 1.807) is 0 Å². The van der Waals surface area contributed by atoms with Crippen LogP contribution in [0.3, 0.4) is 0 Å². The molecule has 4 nitrogen and oxygen atoms in total. The Morgan fingerprint density at radius 1 is 1.25 bits per heavy atom. The molecule has 0 aliphatic heterocycles. The van der Waals surface area contributed by atoms with E-state index in [1.165, 1.54) is 6.26 Å². The highest BCUT2D eigenvalue weighted by molar-refractivity contribution is 7.88. The van der Waals surface area contributed by atoms with Crippen molar-refractivity contribution in [1.82, 2.24) is 10.0 Å². The van der Waals surface area contributed by atoms with Gasteiger partial charge in [0.15, 0.2) is 0 Å². The Bertz CT molecular complexity index is 238. The molecule has 0 aromatic heterocycles. The number of sulfonamides is 1. The molecule has 0 amide bonds. The van der Waals surface area contributed by atoms with Gasteiger partial charge < -0.3 is 5.32 Å². The first kappa shape index (κ1) is 9.95. The maximum absolute atomic E-state index is 10.9. The predicted molar refractivity (Wildman–Crippen MR) is 48.5 cm³/mol. The third-order valence-corrected chi connectivity index (χ3v) is 2.98. The highest BCUT2D eigenvalue weighted by atomic mass is 32.2. The molecule has 0 bridgehead atoms. The van der Waals surface area contributed by atoms with Crippen molar-refractivity contribution in [2.24, 2.45) is 0 Å². The minimum atomic E-state index is -3.02. The van der Waals surface area contributed by atoms with Crippen molar-refractivity contribution in [2.75, 3.05) is 13.3 Å². The second kappa shape index (κ2) is 3.72. The summed E-state index contributed by atoms with van der Waals surface area (Å²) < 4.78 is 24.3. The second-order valence-electron chi connectivity index (χ2n) is 3.39. The SMILES string of the molecule is CNC1CCC(NS(C)(=O)=O)C1. The summed E-state index contributed by atoms with van der Waals surface area (Å²) in [7, 11) is -1.11. The maximum atomic E-state index is 10.9. The first-order valence-corrected chi connectivity index (χ1v) is 6.05. The molecule has 1 aliphatic rings. The van der Waals surface area contributed by atoms with Crippen LogP contribution in [-0.4, -0.2) is 33.8 Å². The van der Waals surface area contributed by atoms with Crippen LogP contribution in [-0.2, 0) is 10.0 Å². The van der Waals surface area contributed by atoms with E-state index in [2.05, 4.69) is 10.0 Å². The van der Waals surface area contributed by atoms with Gasteiger partial charge in [-0.15, -0.1) is 0 Å². The van der Waals surface area contributed by atoms with Gasteiger partial charge in [-0.25, -0.2) is 13.1 Å². The van der Waals surface area contributed by atoms with E-state index >= 15 is 0 Å². The lowest BCUT2D eigenvalue weighted by molar-refractivity contribution is 0.538. The molecule has 2 unspecified atom stereocenters. The molecular formula is C7H16N2O2S. The minimum absolute atomic E-state index is 0.137. The molecule has 1 rings (SSSR count). The quantitative estimate of drug-likeness (QED) is 0.644. The van der Waals surface area contributed by atoms with Crippen LogP contribution in [0.15, 0.2) is 0 Å². The van der Waals surface area contributed by atoms with Crippen molar-refractivity contribution in [3.05, 3.63) is 0 Å². The highest BCUT2D eigenvalue weighted by Gasteiger charge is 2.25. The smallest absolute Gasteiger partial charge is 0.208 e. The van der Waals surface area contributed by atoms with Crippen molar-refractivity contribution in [1.29, 1.82) is 0 Å². The van der Waals surface area contributed by atoms with Gasteiger partial charge in [0, 0.05) is 12.1 Å². The van der Waals surface area contributed by atoms with Crippen LogP contribution in [0, 0.1) is 0 Å². The van der Waals surface area contributed by atoms with E-state index in [1.807, 2.05) is 7.05 Å². The molecule has 1 aliphatic carbocycles. The van der Waals surface area contributed by atoms with Gasteiger partial charge in [-0.3, -0.25) is 0 Å². The lowest BCUT2D eigenvalue weighted by Gasteiger charge is -2.10. The molecule has 0 aromatic rings. The Morgan fingerprint density at radius 2 is 1.83 bits per heavy atom. The van der Waals surface area contributed by atoms with Gasteiger partial charge in [0.05, 0.1) is 6.26 Å². The van der Waals surface area contributed by atoms with Gasteiger partial charge in [-0.2, -0.15) is 0 Å². The molecular weight excluding hydrogens is 176 g/mol. The summed E-state index contributed by atoms with van der Waals surface area (Å²) in [4.78, 5) is 0. The summed E-state index contributed by atoms with van der Waals surface area (Å²) >= 11 is 0. The van der Waals surface area contributed by atoms with Gasteiger partial charge in [-0.05, 0) is 26.3 Å². The molecule has 1 fully saturated rings. The summed E-state index contributed by atoms with van der Waals surface area (Å²) in [5.74, 6) is 0. The molecule has 0 radical (unpaired) electrons. The molecule has 2 atom stereocenters. The Hall–Kier alpha value is -0.130. The molecule has 1 saturated carbocycles. The Morgan fingerprint density at radius 3 is 2.25 bits per heavy atom. The van der Waals surface area contributed by atoms with Crippen molar-refractivity contribution in [3.8, 4) is 0 Å². The molecule has 0 heterocycles. The van der Waals surface area contributed by atoms with Crippen molar-refractivity contribution in [3.63, 3.8) is 0 Å². The summed E-state index contributed by atoms with van der Waals surface area (Å²) in [5, 5.41) is 3.14. The number of nitrogens with one attached hydrogen (secondary N) is 2. The van der Waals surface area contributed by atoms with E-state index in [9.17, 15) is 8.42 Å². The highest BCUT2D eigenvalue weighted by Crippen LogP contribution is 2.18. The van der Waals surface area contributed by atoms with E-state index in [4.69, 9.17) is 0 Å².